The summed E-state index contributed by atoms with van der Waals surface area (Å²) < 4.78 is 0. The Bertz CT molecular complexity index is 552. The molecule has 0 bridgehead atoms. The molecule has 3 aliphatic carbocycles. The molecule has 0 aromatic heterocycles. The second-order valence-corrected chi connectivity index (χ2v) is 8.25. The van der Waals surface area contributed by atoms with Gasteiger partial charge in [-0.05, 0) is 41.9 Å². The van der Waals surface area contributed by atoms with E-state index in [9.17, 15) is 9.59 Å². The first kappa shape index (κ1) is 14.7. The topological polar surface area (TPSA) is 34.1 Å². The second kappa shape index (κ2) is 4.66. The average molecular weight is 286 g/mol. The van der Waals surface area contributed by atoms with Crippen LogP contribution in [0.25, 0.3) is 0 Å². The molecular weight excluding hydrogens is 260 g/mol. The summed E-state index contributed by atoms with van der Waals surface area (Å²) in [6.07, 6.45) is 7.15. The third kappa shape index (κ3) is 2.23. The minimum absolute atomic E-state index is 0.177. The van der Waals surface area contributed by atoms with Gasteiger partial charge in [0.2, 0.25) is 0 Å². The van der Waals surface area contributed by atoms with Crippen LogP contribution >= 0.6 is 0 Å². The van der Waals surface area contributed by atoms with E-state index in [1.807, 2.05) is 13.0 Å². The number of rotatable bonds is 1. The molecule has 2 heteroatoms. The van der Waals surface area contributed by atoms with Crippen LogP contribution in [0.15, 0.2) is 23.8 Å². The number of hydrogen-bond donors (Lipinski definition) is 0. The Hall–Kier alpha value is -1.18. The number of allylic oxidation sites excluding steroid dienone is 3. The molecule has 21 heavy (non-hydrogen) atoms. The lowest BCUT2D eigenvalue weighted by atomic mass is 9.54. The SMILES string of the molecule is C=CC1(C)CC(=O)C2=C(C1)C(=O)CC1C2CCCC1(C)C. The molecular formula is C19H26O2. The fourth-order valence-corrected chi connectivity index (χ4v) is 4.81. The summed E-state index contributed by atoms with van der Waals surface area (Å²) in [7, 11) is 0. The molecule has 0 aromatic rings. The van der Waals surface area contributed by atoms with Crippen LogP contribution in [0.3, 0.4) is 0 Å². The molecule has 0 aromatic carbocycles. The smallest absolute Gasteiger partial charge is 0.160 e. The molecule has 3 atom stereocenters. The molecule has 0 spiro atoms. The summed E-state index contributed by atoms with van der Waals surface area (Å²) in [6.45, 7) is 10.5. The minimum atomic E-state index is -0.234. The van der Waals surface area contributed by atoms with Crippen molar-refractivity contribution in [3.05, 3.63) is 23.8 Å². The van der Waals surface area contributed by atoms with Crippen LogP contribution < -0.4 is 0 Å². The van der Waals surface area contributed by atoms with Crippen molar-refractivity contribution in [2.24, 2.45) is 22.7 Å². The maximum Gasteiger partial charge on any atom is 0.160 e. The Balaban J connectivity index is 2.07. The van der Waals surface area contributed by atoms with Crippen LogP contribution in [0.5, 0.6) is 0 Å². The zero-order valence-corrected chi connectivity index (χ0v) is 13.5. The van der Waals surface area contributed by atoms with E-state index in [0.29, 0.717) is 31.1 Å². The minimum Gasteiger partial charge on any atom is -0.295 e. The lowest BCUT2D eigenvalue weighted by Crippen LogP contribution is -2.45. The average Bonchev–Trinajstić information content (AvgIpc) is 2.40. The summed E-state index contributed by atoms with van der Waals surface area (Å²) in [6, 6.07) is 0. The normalized spacial score (nSPS) is 38.8. The fourth-order valence-electron chi connectivity index (χ4n) is 4.81. The quantitative estimate of drug-likeness (QED) is 0.675. The zero-order valence-electron chi connectivity index (χ0n) is 13.5. The summed E-state index contributed by atoms with van der Waals surface area (Å²) in [4.78, 5) is 25.4. The molecule has 1 saturated carbocycles. The van der Waals surface area contributed by atoms with E-state index in [1.165, 1.54) is 12.8 Å². The third-order valence-electron chi connectivity index (χ3n) is 6.20. The van der Waals surface area contributed by atoms with E-state index in [-0.39, 0.29) is 22.4 Å². The molecule has 0 aliphatic heterocycles. The molecule has 0 amide bonds. The summed E-state index contributed by atoms with van der Waals surface area (Å²) in [5.41, 5.74) is 1.69. The second-order valence-electron chi connectivity index (χ2n) is 8.25. The highest BCUT2D eigenvalue weighted by Crippen LogP contribution is 2.54. The Labute approximate surface area is 127 Å². The van der Waals surface area contributed by atoms with Crippen molar-refractivity contribution in [2.45, 2.75) is 59.3 Å². The largest absolute Gasteiger partial charge is 0.295 e. The summed E-state index contributed by atoms with van der Waals surface area (Å²) in [5.74, 6) is 1.11. The van der Waals surface area contributed by atoms with Gasteiger partial charge in [-0.2, -0.15) is 0 Å². The van der Waals surface area contributed by atoms with Crippen LogP contribution in [0, 0.1) is 22.7 Å². The van der Waals surface area contributed by atoms with Crippen molar-refractivity contribution < 1.29 is 9.59 Å². The van der Waals surface area contributed by atoms with E-state index in [4.69, 9.17) is 0 Å². The standard InChI is InChI=1S/C19H26O2/c1-5-19(4)10-13-15(20)9-14-12(17(13)16(21)11-19)7-6-8-18(14,2)3/h5,12,14H,1,6-11H2,2-4H3. The van der Waals surface area contributed by atoms with Gasteiger partial charge >= 0.3 is 0 Å². The maximum absolute atomic E-state index is 12.8. The van der Waals surface area contributed by atoms with Gasteiger partial charge in [0.25, 0.3) is 0 Å². The van der Waals surface area contributed by atoms with Gasteiger partial charge in [0, 0.05) is 24.0 Å². The van der Waals surface area contributed by atoms with Crippen LogP contribution in [-0.4, -0.2) is 11.6 Å². The molecule has 3 rings (SSSR count). The van der Waals surface area contributed by atoms with E-state index < -0.39 is 0 Å². The predicted octanol–water partition coefficient (Wildman–Crippen LogP) is 4.25. The first-order valence-corrected chi connectivity index (χ1v) is 8.20. The van der Waals surface area contributed by atoms with Gasteiger partial charge < -0.3 is 0 Å². The van der Waals surface area contributed by atoms with Gasteiger partial charge in [0.15, 0.2) is 11.6 Å². The monoisotopic (exact) mass is 286 g/mol. The van der Waals surface area contributed by atoms with Gasteiger partial charge in [-0.25, -0.2) is 0 Å². The number of ketones is 2. The van der Waals surface area contributed by atoms with Crippen molar-refractivity contribution in [2.75, 3.05) is 0 Å². The molecule has 0 heterocycles. The highest BCUT2D eigenvalue weighted by Gasteiger charge is 2.50. The lowest BCUT2D eigenvalue weighted by Gasteiger charge is -2.49. The van der Waals surface area contributed by atoms with Crippen molar-refractivity contribution in [3.63, 3.8) is 0 Å². The molecule has 114 valence electrons. The molecule has 3 unspecified atom stereocenters. The van der Waals surface area contributed by atoms with Crippen LogP contribution in [-0.2, 0) is 9.59 Å². The summed E-state index contributed by atoms with van der Waals surface area (Å²) in [5, 5.41) is 0. The van der Waals surface area contributed by atoms with Gasteiger partial charge in [-0.1, -0.05) is 33.3 Å². The highest BCUT2D eigenvalue weighted by atomic mass is 16.1. The van der Waals surface area contributed by atoms with Gasteiger partial charge in [0.1, 0.15) is 0 Å². The number of carbonyl (C=O) groups is 2. The lowest BCUT2D eigenvalue weighted by molar-refractivity contribution is -0.125. The molecule has 0 radical (unpaired) electrons. The fraction of sp³-hybridized carbons (Fsp3) is 0.684. The third-order valence-corrected chi connectivity index (χ3v) is 6.20. The number of fused-ring (bicyclic) bond motifs is 2. The molecule has 2 nitrogen and oxygen atoms in total. The molecule has 1 fully saturated rings. The number of Topliss-reactive ketones (excluding diaryl/α,β-unsaturated/α-hetero) is 2. The van der Waals surface area contributed by atoms with E-state index in [2.05, 4.69) is 20.4 Å². The summed E-state index contributed by atoms with van der Waals surface area (Å²) >= 11 is 0. The Morgan fingerprint density at radius 2 is 1.86 bits per heavy atom. The Morgan fingerprint density at radius 3 is 2.52 bits per heavy atom. The zero-order chi connectivity index (χ0) is 15.4. The molecule has 0 saturated heterocycles. The number of carbonyl (C=O) groups excluding carboxylic acids is 2. The molecule has 3 aliphatic rings. The van der Waals surface area contributed by atoms with Crippen molar-refractivity contribution in [3.8, 4) is 0 Å². The predicted molar refractivity (Wildman–Crippen MR) is 83.8 cm³/mol. The van der Waals surface area contributed by atoms with Crippen LogP contribution in [0.1, 0.15) is 59.3 Å². The maximum atomic E-state index is 12.8. The number of hydrogen-bond acceptors (Lipinski definition) is 2. The Kier molecular flexibility index (Phi) is 3.27. The first-order chi connectivity index (χ1) is 9.77. The van der Waals surface area contributed by atoms with Crippen molar-refractivity contribution in [1.29, 1.82) is 0 Å². The van der Waals surface area contributed by atoms with Crippen LogP contribution in [0.2, 0.25) is 0 Å². The van der Waals surface area contributed by atoms with Gasteiger partial charge in [-0.3, -0.25) is 9.59 Å². The van der Waals surface area contributed by atoms with Crippen molar-refractivity contribution in [1.82, 2.24) is 0 Å². The van der Waals surface area contributed by atoms with E-state index in [0.717, 1.165) is 17.6 Å². The molecule has 0 N–H and O–H groups in total. The van der Waals surface area contributed by atoms with Crippen LogP contribution in [0.4, 0.5) is 0 Å². The first-order valence-electron chi connectivity index (χ1n) is 8.20. The highest BCUT2D eigenvalue weighted by molar-refractivity contribution is 6.09. The van der Waals surface area contributed by atoms with E-state index in [1.54, 1.807) is 0 Å². The van der Waals surface area contributed by atoms with Crippen molar-refractivity contribution >= 4 is 11.6 Å². The van der Waals surface area contributed by atoms with E-state index >= 15 is 0 Å². The Morgan fingerprint density at radius 1 is 1.14 bits per heavy atom. The van der Waals surface area contributed by atoms with Gasteiger partial charge in [-0.15, -0.1) is 6.58 Å². The van der Waals surface area contributed by atoms with Gasteiger partial charge in [0.05, 0.1) is 0 Å².